The van der Waals surface area contributed by atoms with E-state index in [9.17, 15) is 9.59 Å². The van der Waals surface area contributed by atoms with Gasteiger partial charge in [0.25, 0.3) is 0 Å². The van der Waals surface area contributed by atoms with Gasteiger partial charge in [0.2, 0.25) is 0 Å². The van der Waals surface area contributed by atoms with Crippen molar-refractivity contribution in [2.75, 3.05) is 11.5 Å². The lowest BCUT2D eigenvalue weighted by atomic mass is 9.98. The second-order valence-electron chi connectivity index (χ2n) is 17.2. The topological polar surface area (TPSA) is 52.6 Å². The monoisotopic (exact) mass is 763 g/mol. The first-order valence-electron chi connectivity index (χ1n) is 24.2. The van der Waals surface area contributed by atoms with Gasteiger partial charge in [-0.15, -0.1) is 0 Å². The largest absolute Gasteiger partial charge is 0.462 e. The lowest BCUT2D eigenvalue weighted by Crippen LogP contribution is -2.20. The van der Waals surface area contributed by atoms with Crippen molar-refractivity contribution < 1.29 is 19.1 Å². The fraction of sp³-hybridized carbons (Fsp3) is 0.958. The number of hydrogen-bond acceptors (Lipinski definition) is 5. The van der Waals surface area contributed by atoms with Crippen LogP contribution in [0.4, 0.5) is 0 Å². The van der Waals surface area contributed by atoms with Crippen molar-refractivity contribution in [1.82, 2.24) is 0 Å². The van der Waals surface area contributed by atoms with Crippen LogP contribution in [0.3, 0.4) is 0 Å². The Balaban J connectivity index is 1.13. The Morgan fingerprint density at radius 1 is 0.321 bits per heavy atom. The van der Waals surface area contributed by atoms with Crippen molar-refractivity contribution in [1.29, 1.82) is 0 Å². The Bertz CT molecular complexity index is 726. The molecule has 53 heavy (non-hydrogen) atoms. The fourth-order valence-corrected chi connectivity index (χ4v) is 9.52. The Morgan fingerprint density at radius 3 is 0.811 bits per heavy atom. The van der Waals surface area contributed by atoms with Crippen LogP contribution in [0.15, 0.2) is 0 Å². The number of carbonyl (C=O) groups is 2. The second-order valence-corrected chi connectivity index (χ2v) is 18.4. The third-order valence-electron chi connectivity index (χ3n) is 12.0. The van der Waals surface area contributed by atoms with Gasteiger partial charge in [-0.05, 0) is 88.6 Å². The fourth-order valence-electron chi connectivity index (χ4n) is 8.50. The predicted octanol–water partition coefficient (Wildman–Crippen LogP) is 16.0. The normalized spacial score (nSPS) is 15.5. The quantitative estimate of drug-likeness (QED) is 0.0463. The van der Waals surface area contributed by atoms with Crippen LogP contribution in [0.2, 0.25) is 0 Å². The van der Waals surface area contributed by atoms with Gasteiger partial charge in [0.1, 0.15) is 12.2 Å². The van der Waals surface area contributed by atoms with E-state index < -0.39 is 0 Å². The zero-order valence-electron chi connectivity index (χ0n) is 35.3. The van der Waals surface area contributed by atoms with Gasteiger partial charge in [0, 0.05) is 12.8 Å². The summed E-state index contributed by atoms with van der Waals surface area (Å²) in [5, 5.41) is 0. The molecule has 2 saturated carbocycles. The molecule has 2 fully saturated rings. The summed E-state index contributed by atoms with van der Waals surface area (Å²) < 4.78 is 11.3. The van der Waals surface area contributed by atoms with E-state index in [0.29, 0.717) is 12.8 Å². The molecular formula is C48H90O4S. The molecule has 0 heterocycles. The number of ether oxygens (including phenoxy) is 2. The summed E-state index contributed by atoms with van der Waals surface area (Å²) in [6.07, 6.45) is 54.6. The van der Waals surface area contributed by atoms with Crippen molar-refractivity contribution in [3.63, 3.8) is 0 Å². The highest BCUT2D eigenvalue weighted by Crippen LogP contribution is 2.23. The maximum absolute atomic E-state index is 12.0. The zero-order chi connectivity index (χ0) is 37.5. The summed E-state index contributed by atoms with van der Waals surface area (Å²) >= 11 is 2.20. The first-order valence-corrected chi connectivity index (χ1v) is 25.4. The van der Waals surface area contributed by atoms with E-state index in [1.807, 2.05) is 0 Å². The molecular weight excluding hydrogens is 673 g/mol. The third kappa shape index (κ3) is 33.2. The highest BCUT2D eigenvalue weighted by molar-refractivity contribution is 7.99. The molecule has 2 rings (SSSR count). The van der Waals surface area contributed by atoms with Crippen molar-refractivity contribution in [3.05, 3.63) is 0 Å². The van der Waals surface area contributed by atoms with E-state index in [1.165, 1.54) is 230 Å². The van der Waals surface area contributed by atoms with Gasteiger partial charge < -0.3 is 9.47 Å². The molecule has 0 unspecified atom stereocenters. The lowest BCUT2D eigenvalue weighted by Gasteiger charge is -2.21. The molecule has 2 aliphatic rings. The van der Waals surface area contributed by atoms with Crippen molar-refractivity contribution in [2.24, 2.45) is 0 Å². The maximum Gasteiger partial charge on any atom is 0.306 e. The summed E-state index contributed by atoms with van der Waals surface area (Å²) in [5.74, 6) is 2.85. The molecule has 0 aromatic heterocycles. The molecule has 0 radical (unpaired) electrons. The predicted molar refractivity (Wildman–Crippen MR) is 231 cm³/mol. The minimum Gasteiger partial charge on any atom is -0.462 e. The first-order chi connectivity index (χ1) is 26.2. The van der Waals surface area contributed by atoms with Crippen molar-refractivity contribution in [2.45, 2.75) is 282 Å². The lowest BCUT2D eigenvalue weighted by molar-refractivity contribution is -0.151. The Hall–Kier alpha value is -0.710. The summed E-state index contributed by atoms with van der Waals surface area (Å²) in [7, 11) is 0. The molecule has 0 spiro atoms. The summed E-state index contributed by atoms with van der Waals surface area (Å²) in [4.78, 5) is 24.0. The Morgan fingerprint density at radius 2 is 0.547 bits per heavy atom. The number of rotatable bonds is 38. The minimum absolute atomic E-state index is 0.0486. The third-order valence-corrected chi connectivity index (χ3v) is 13.2. The van der Waals surface area contributed by atoms with Gasteiger partial charge in [-0.1, -0.05) is 180 Å². The molecule has 4 nitrogen and oxygen atoms in total. The average Bonchev–Trinajstić information content (AvgIpc) is 3.17. The van der Waals surface area contributed by atoms with Gasteiger partial charge in [-0.2, -0.15) is 11.8 Å². The molecule has 0 N–H and O–H groups in total. The molecule has 5 heteroatoms. The molecule has 312 valence electrons. The van der Waals surface area contributed by atoms with E-state index in [4.69, 9.17) is 9.47 Å². The molecule has 2 aliphatic carbocycles. The van der Waals surface area contributed by atoms with Gasteiger partial charge in [0.15, 0.2) is 0 Å². The van der Waals surface area contributed by atoms with E-state index in [-0.39, 0.29) is 24.1 Å². The summed E-state index contributed by atoms with van der Waals surface area (Å²) in [5.41, 5.74) is 0. The molecule has 0 aliphatic heterocycles. The number of hydrogen-bond donors (Lipinski definition) is 0. The number of esters is 2. The SMILES string of the molecule is O=C(CCCCCCCCCCCCCCCCCSCCCCCCCCCCCCCCCCCC(=O)OC1CCCCC1)OC1CCCCC1. The highest BCUT2D eigenvalue weighted by atomic mass is 32.2. The molecule has 0 saturated heterocycles. The number of unbranched alkanes of at least 4 members (excludes halogenated alkanes) is 28. The molecule has 0 amide bonds. The Kier molecular flexibility index (Phi) is 34.9. The first kappa shape index (κ1) is 48.4. The standard InChI is InChI=1S/C48H90O4S/c49-47(51-45-37-29-27-30-38-45)41-33-23-19-15-11-7-3-1-5-9-13-17-21-25-35-43-53-44-36-26-22-18-14-10-6-2-4-8-12-16-20-24-34-42-48(50)52-46-39-31-28-32-40-46/h45-46H,1-44H2. The van der Waals surface area contributed by atoms with E-state index in [2.05, 4.69) is 11.8 Å². The molecule has 0 aromatic carbocycles. The van der Waals surface area contributed by atoms with Gasteiger partial charge in [-0.3, -0.25) is 9.59 Å². The molecule has 0 bridgehead atoms. The highest BCUT2D eigenvalue weighted by Gasteiger charge is 2.18. The number of carbonyl (C=O) groups excluding carboxylic acids is 2. The second kappa shape index (κ2) is 38.2. The van der Waals surface area contributed by atoms with E-state index in [1.54, 1.807) is 0 Å². The van der Waals surface area contributed by atoms with E-state index >= 15 is 0 Å². The minimum atomic E-state index is 0.0486. The van der Waals surface area contributed by atoms with Crippen LogP contribution in [-0.2, 0) is 19.1 Å². The smallest absolute Gasteiger partial charge is 0.306 e. The molecule has 0 atom stereocenters. The summed E-state index contributed by atoms with van der Waals surface area (Å²) in [6, 6.07) is 0. The van der Waals surface area contributed by atoms with Crippen LogP contribution in [0, 0.1) is 0 Å². The van der Waals surface area contributed by atoms with Crippen LogP contribution >= 0.6 is 11.8 Å². The number of thioether (sulfide) groups is 1. The van der Waals surface area contributed by atoms with Crippen LogP contribution in [-0.4, -0.2) is 35.7 Å². The van der Waals surface area contributed by atoms with Gasteiger partial charge in [0.05, 0.1) is 0 Å². The van der Waals surface area contributed by atoms with Crippen molar-refractivity contribution >= 4 is 23.7 Å². The average molecular weight is 763 g/mol. The van der Waals surface area contributed by atoms with Crippen LogP contribution in [0.25, 0.3) is 0 Å². The Labute approximate surface area is 335 Å². The maximum atomic E-state index is 12.0. The van der Waals surface area contributed by atoms with E-state index in [0.717, 1.165) is 38.5 Å². The molecule has 0 aromatic rings. The van der Waals surface area contributed by atoms with Crippen molar-refractivity contribution in [3.8, 4) is 0 Å². The van der Waals surface area contributed by atoms with Crippen LogP contribution in [0.5, 0.6) is 0 Å². The van der Waals surface area contributed by atoms with Crippen LogP contribution in [0.1, 0.15) is 270 Å². The van der Waals surface area contributed by atoms with Gasteiger partial charge >= 0.3 is 11.9 Å². The van der Waals surface area contributed by atoms with Gasteiger partial charge in [-0.25, -0.2) is 0 Å². The van der Waals surface area contributed by atoms with Crippen LogP contribution < -0.4 is 0 Å². The zero-order valence-corrected chi connectivity index (χ0v) is 36.1. The summed E-state index contributed by atoms with van der Waals surface area (Å²) in [6.45, 7) is 0.